The van der Waals surface area contributed by atoms with Crippen LogP contribution in [0.25, 0.3) is 11.1 Å². The summed E-state index contributed by atoms with van der Waals surface area (Å²) in [5, 5.41) is 0. The fourth-order valence-electron chi connectivity index (χ4n) is 1.64. The van der Waals surface area contributed by atoms with E-state index in [0.717, 1.165) is 16.7 Å². The molecule has 0 aromatic heterocycles. The van der Waals surface area contributed by atoms with Gasteiger partial charge in [0, 0.05) is 0 Å². The second-order valence-corrected chi connectivity index (χ2v) is 3.73. The van der Waals surface area contributed by atoms with E-state index in [-0.39, 0.29) is 5.75 Å². The fraction of sp³-hybridized carbons (Fsp3) is 0.0714. The molecule has 0 unspecified atom stereocenters. The summed E-state index contributed by atoms with van der Waals surface area (Å²) in [6, 6.07) is 13.1. The van der Waals surface area contributed by atoms with Crippen molar-refractivity contribution in [3.8, 4) is 16.9 Å². The van der Waals surface area contributed by atoms with Crippen LogP contribution in [0, 0.1) is 6.92 Å². The van der Waals surface area contributed by atoms with Crippen LogP contribution in [0.15, 0.2) is 48.5 Å². The number of hydrogen-bond acceptors (Lipinski definition) is 1. The average molecular weight is 251 g/mol. The molecule has 0 heterocycles. The lowest BCUT2D eigenvalue weighted by Crippen LogP contribution is -2.16. The van der Waals surface area contributed by atoms with E-state index in [1.54, 1.807) is 12.1 Å². The molecule has 0 bridgehead atoms. The van der Waals surface area contributed by atoms with Crippen molar-refractivity contribution in [3.63, 3.8) is 0 Å². The molecule has 18 heavy (non-hydrogen) atoms. The summed E-state index contributed by atoms with van der Waals surface area (Å²) in [6.07, 6.45) is -4.66. The number of rotatable bonds is 2. The topological polar surface area (TPSA) is 9.23 Å². The van der Waals surface area contributed by atoms with Gasteiger partial charge in [-0.1, -0.05) is 36.4 Å². The largest absolute Gasteiger partial charge is 0.573 e. The zero-order valence-electron chi connectivity index (χ0n) is 9.37. The van der Waals surface area contributed by atoms with Gasteiger partial charge in [0.1, 0.15) is 5.75 Å². The summed E-state index contributed by atoms with van der Waals surface area (Å²) in [5.74, 6) is -0.229. The molecule has 0 amide bonds. The minimum atomic E-state index is -4.66. The molecule has 0 saturated carbocycles. The van der Waals surface area contributed by atoms with E-state index in [4.69, 9.17) is 0 Å². The number of halogens is 3. The van der Waals surface area contributed by atoms with Gasteiger partial charge in [-0.15, -0.1) is 13.2 Å². The highest BCUT2D eigenvalue weighted by molar-refractivity contribution is 5.68. The van der Waals surface area contributed by atoms with Crippen LogP contribution in [0.4, 0.5) is 13.2 Å². The Kier molecular flexibility index (Phi) is 3.28. The van der Waals surface area contributed by atoms with Crippen molar-refractivity contribution in [2.45, 2.75) is 6.36 Å². The Hall–Kier alpha value is -1.97. The molecule has 2 aromatic carbocycles. The normalized spacial score (nSPS) is 11.3. The molecular formula is C14H10F3O. The molecule has 1 radical (unpaired) electrons. The molecule has 2 rings (SSSR count). The molecule has 0 aliphatic carbocycles. The van der Waals surface area contributed by atoms with E-state index in [9.17, 15) is 13.2 Å². The molecule has 93 valence electrons. The minimum absolute atomic E-state index is 0.229. The SMILES string of the molecule is [CH2]c1ccccc1-c1ccc(OC(F)(F)F)cc1. The van der Waals surface area contributed by atoms with Crippen LogP contribution in [0.5, 0.6) is 5.75 Å². The number of ether oxygens (including phenoxy) is 1. The van der Waals surface area contributed by atoms with Crippen LogP contribution >= 0.6 is 0 Å². The van der Waals surface area contributed by atoms with Gasteiger partial charge in [0.15, 0.2) is 0 Å². The van der Waals surface area contributed by atoms with Gasteiger partial charge < -0.3 is 4.74 Å². The van der Waals surface area contributed by atoms with Gasteiger partial charge in [-0.05, 0) is 35.7 Å². The van der Waals surface area contributed by atoms with Crippen LogP contribution in [-0.4, -0.2) is 6.36 Å². The molecule has 0 spiro atoms. The van der Waals surface area contributed by atoms with Crippen LogP contribution in [0.3, 0.4) is 0 Å². The van der Waals surface area contributed by atoms with E-state index in [2.05, 4.69) is 11.7 Å². The lowest BCUT2D eigenvalue weighted by molar-refractivity contribution is -0.274. The van der Waals surface area contributed by atoms with Gasteiger partial charge in [-0.3, -0.25) is 0 Å². The Bertz CT molecular complexity index is 529. The maximum atomic E-state index is 12.0. The van der Waals surface area contributed by atoms with E-state index < -0.39 is 6.36 Å². The quantitative estimate of drug-likeness (QED) is 0.767. The highest BCUT2D eigenvalue weighted by Crippen LogP contribution is 2.27. The summed E-state index contributed by atoms with van der Waals surface area (Å²) in [4.78, 5) is 0. The van der Waals surface area contributed by atoms with Crippen molar-refractivity contribution in [1.82, 2.24) is 0 Å². The maximum Gasteiger partial charge on any atom is 0.573 e. The van der Waals surface area contributed by atoms with Crippen LogP contribution in [-0.2, 0) is 0 Å². The van der Waals surface area contributed by atoms with Crippen molar-refractivity contribution in [2.75, 3.05) is 0 Å². The summed E-state index contributed by atoms with van der Waals surface area (Å²) < 4.78 is 39.8. The highest BCUT2D eigenvalue weighted by atomic mass is 19.4. The number of alkyl halides is 3. The van der Waals surface area contributed by atoms with E-state index in [1.807, 2.05) is 24.3 Å². The Morgan fingerprint density at radius 1 is 0.889 bits per heavy atom. The molecular weight excluding hydrogens is 241 g/mol. The predicted octanol–water partition coefficient (Wildman–Crippen LogP) is 4.43. The van der Waals surface area contributed by atoms with Crippen molar-refractivity contribution >= 4 is 0 Å². The van der Waals surface area contributed by atoms with Crippen molar-refractivity contribution < 1.29 is 17.9 Å². The molecule has 2 aromatic rings. The molecule has 0 N–H and O–H groups in total. The highest BCUT2D eigenvalue weighted by Gasteiger charge is 2.30. The molecule has 0 saturated heterocycles. The number of benzene rings is 2. The first-order valence-corrected chi connectivity index (χ1v) is 5.23. The van der Waals surface area contributed by atoms with E-state index in [1.165, 1.54) is 12.1 Å². The van der Waals surface area contributed by atoms with E-state index in [0.29, 0.717) is 0 Å². The Balaban J connectivity index is 2.26. The number of hydrogen-bond donors (Lipinski definition) is 0. The van der Waals surface area contributed by atoms with Gasteiger partial charge in [0.2, 0.25) is 0 Å². The summed E-state index contributed by atoms with van der Waals surface area (Å²) in [7, 11) is 0. The Morgan fingerprint density at radius 2 is 1.50 bits per heavy atom. The van der Waals surface area contributed by atoms with Crippen molar-refractivity contribution in [3.05, 3.63) is 61.0 Å². The Morgan fingerprint density at radius 3 is 2.06 bits per heavy atom. The molecule has 0 aliphatic heterocycles. The Labute approximate surface area is 103 Å². The van der Waals surface area contributed by atoms with Crippen LogP contribution in [0.2, 0.25) is 0 Å². The van der Waals surface area contributed by atoms with Crippen LogP contribution in [0.1, 0.15) is 5.56 Å². The minimum Gasteiger partial charge on any atom is -0.406 e. The molecule has 0 aliphatic rings. The standard InChI is InChI=1S/C14H10F3O/c1-10-4-2-3-5-13(10)11-6-8-12(9-7-11)18-14(15,16)17/h2-9H,1H2. The fourth-order valence-corrected chi connectivity index (χ4v) is 1.64. The third kappa shape index (κ3) is 3.03. The van der Waals surface area contributed by atoms with Crippen molar-refractivity contribution in [1.29, 1.82) is 0 Å². The monoisotopic (exact) mass is 251 g/mol. The zero-order chi connectivity index (χ0) is 13.2. The molecule has 4 heteroatoms. The maximum absolute atomic E-state index is 12.0. The summed E-state index contributed by atoms with van der Waals surface area (Å²) in [5.41, 5.74) is 2.51. The zero-order valence-corrected chi connectivity index (χ0v) is 9.37. The molecule has 0 atom stereocenters. The third-order valence-electron chi connectivity index (χ3n) is 2.42. The summed E-state index contributed by atoms with van der Waals surface area (Å²) >= 11 is 0. The summed E-state index contributed by atoms with van der Waals surface area (Å²) in [6.45, 7) is 3.87. The first kappa shape index (κ1) is 12.5. The third-order valence-corrected chi connectivity index (χ3v) is 2.42. The second kappa shape index (κ2) is 4.72. The van der Waals surface area contributed by atoms with Gasteiger partial charge in [-0.2, -0.15) is 0 Å². The average Bonchev–Trinajstić information content (AvgIpc) is 2.29. The van der Waals surface area contributed by atoms with Gasteiger partial charge in [0.05, 0.1) is 0 Å². The molecule has 0 fully saturated rings. The van der Waals surface area contributed by atoms with Gasteiger partial charge in [-0.25, -0.2) is 0 Å². The van der Waals surface area contributed by atoms with E-state index >= 15 is 0 Å². The molecule has 1 nitrogen and oxygen atoms in total. The first-order valence-electron chi connectivity index (χ1n) is 5.23. The lowest BCUT2D eigenvalue weighted by atomic mass is 10.0. The smallest absolute Gasteiger partial charge is 0.406 e. The first-order chi connectivity index (χ1) is 8.46. The van der Waals surface area contributed by atoms with Crippen molar-refractivity contribution in [2.24, 2.45) is 0 Å². The predicted molar refractivity (Wildman–Crippen MR) is 63.0 cm³/mol. The van der Waals surface area contributed by atoms with Crippen LogP contribution < -0.4 is 4.74 Å². The lowest BCUT2D eigenvalue weighted by Gasteiger charge is -2.10. The second-order valence-electron chi connectivity index (χ2n) is 3.73. The van der Waals surface area contributed by atoms with Gasteiger partial charge >= 0.3 is 6.36 Å². The van der Waals surface area contributed by atoms with Gasteiger partial charge in [0.25, 0.3) is 0 Å².